The fraction of sp³-hybridized carbons (Fsp3) is 0.429. The zero-order valence-electron chi connectivity index (χ0n) is 11.1. The SMILES string of the molecule is CC(C)(CCNC(=O)Cc1cccc(Br)c1)C(=O)O. The van der Waals surface area contributed by atoms with Crippen LogP contribution in [-0.2, 0) is 16.0 Å². The average molecular weight is 328 g/mol. The smallest absolute Gasteiger partial charge is 0.309 e. The van der Waals surface area contributed by atoms with Gasteiger partial charge in [-0.05, 0) is 38.0 Å². The Labute approximate surface area is 121 Å². The van der Waals surface area contributed by atoms with Gasteiger partial charge in [0.15, 0.2) is 0 Å². The molecule has 0 unspecified atom stereocenters. The van der Waals surface area contributed by atoms with E-state index >= 15 is 0 Å². The van der Waals surface area contributed by atoms with Crippen LogP contribution >= 0.6 is 15.9 Å². The third-order valence-corrected chi connectivity index (χ3v) is 3.40. The van der Waals surface area contributed by atoms with Crippen LogP contribution in [0.1, 0.15) is 25.8 Å². The summed E-state index contributed by atoms with van der Waals surface area (Å²) in [5, 5.41) is 11.7. The molecule has 2 N–H and O–H groups in total. The van der Waals surface area contributed by atoms with Crippen LogP contribution in [0.4, 0.5) is 0 Å². The van der Waals surface area contributed by atoms with E-state index in [1.807, 2.05) is 24.3 Å². The first kappa shape index (κ1) is 15.7. The zero-order valence-corrected chi connectivity index (χ0v) is 12.7. The lowest BCUT2D eigenvalue weighted by Crippen LogP contribution is -2.32. The highest BCUT2D eigenvalue weighted by molar-refractivity contribution is 9.10. The molecule has 104 valence electrons. The van der Waals surface area contributed by atoms with Crippen LogP contribution in [0.2, 0.25) is 0 Å². The molecule has 1 amide bonds. The molecule has 19 heavy (non-hydrogen) atoms. The first-order valence-electron chi connectivity index (χ1n) is 6.06. The lowest BCUT2D eigenvalue weighted by atomic mass is 9.90. The van der Waals surface area contributed by atoms with Gasteiger partial charge in [-0.3, -0.25) is 9.59 Å². The van der Waals surface area contributed by atoms with Gasteiger partial charge in [0.05, 0.1) is 11.8 Å². The molecule has 0 fully saturated rings. The van der Waals surface area contributed by atoms with Crippen LogP contribution in [0.5, 0.6) is 0 Å². The Balaban J connectivity index is 2.39. The molecule has 0 saturated carbocycles. The Morgan fingerprint density at radius 3 is 2.63 bits per heavy atom. The number of carboxylic acid groups (broad SMARTS) is 1. The Hall–Kier alpha value is -1.36. The Bertz CT molecular complexity index is 472. The van der Waals surface area contributed by atoms with Gasteiger partial charge in [-0.25, -0.2) is 0 Å². The number of carboxylic acids is 1. The Morgan fingerprint density at radius 2 is 2.05 bits per heavy atom. The summed E-state index contributed by atoms with van der Waals surface area (Å²) in [7, 11) is 0. The van der Waals surface area contributed by atoms with Gasteiger partial charge in [0, 0.05) is 11.0 Å². The minimum atomic E-state index is -0.853. The van der Waals surface area contributed by atoms with Crippen LogP contribution in [0.25, 0.3) is 0 Å². The van der Waals surface area contributed by atoms with Gasteiger partial charge in [-0.1, -0.05) is 28.1 Å². The topological polar surface area (TPSA) is 66.4 Å². The molecular weight excluding hydrogens is 310 g/mol. The minimum absolute atomic E-state index is 0.0979. The molecule has 0 heterocycles. The number of hydrogen-bond donors (Lipinski definition) is 2. The molecule has 0 spiro atoms. The van der Waals surface area contributed by atoms with Crippen LogP contribution in [0, 0.1) is 5.41 Å². The largest absolute Gasteiger partial charge is 0.481 e. The van der Waals surface area contributed by atoms with E-state index in [1.165, 1.54) is 0 Å². The summed E-state index contributed by atoms with van der Waals surface area (Å²) in [6, 6.07) is 7.54. The van der Waals surface area contributed by atoms with Crippen molar-refractivity contribution in [3.05, 3.63) is 34.3 Å². The molecule has 0 aliphatic carbocycles. The van der Waals surface area contributed by atoms with E-state index in [0.717, 1.165) is 10.0 Å². The molecule has 1 rings (SSSR count). The Morgan fingerprint density at radius 1 is 1.37 bits per heavy atom. The van der Waals surface area contributed by atoms with Crippen LogP contribution in [0.3, 0.4) is 0 Å². The lowest BCUT2D eigenvalue weighted by Gasteiger charge is -2.18. The van der Waals surface area contributed by atoms with Crippen LogP contribution in [-0.4, -0.2) is 23.5 Å². The summed E-state index contributed by atoms with van der Waals surface area (Å²) in [6.07, 6.45) is 0.708. The van der Waals surface area contributed by atoms with Gasteiger partial charge in [0.1, 0.15) is 0 Å². The van der Waals surface area contributed by atoms with Crippen molar-refractivity contribution >= 4 is 27.8 Å². The second kappa shape index (κ2) is 6.70. The number of rotatable bonds is 6. The fourth-order valence-corrected chi connectivity index (χ4v) is 1.96. The monoisotopic (exact) mass is 327 g/mol. The molecule has 0 radical (unpaired) electrons. The van der Waals surface area contributed by atoms with E-state index in [9.17, 15) is 9.59 Å². The summed E-state index contributed by atoms with van der Waals surface area (Å²) in [6.45, 7) is 3.66. The van der Waals surface area contributed by atoms with Crippen molar-refractivity contribution in [3.8, 4) is 0 Å². The van der Waals surface area contributed by atoms with Crippen LogP contribution in [0.15, 0.2) is 28.7 Å². The van der Waals surface area contributed by atoms with E-state index in [2.05, 4.69) is 21.2 Å². The predicted octanol–water partition coefficient (Wildman–Crippen LogP) is 2.61. The first-order chi connectivity index (χ1) is 8.81. The van der Waals surface area contributed by atoms with Crippen molar-refractivity contribution in [2.75, 3.05) is 6.54 Å². The number of nitrogens with one attached hydrogen (secondary N) is 1. The number of aliphatic carboxylic acids is 1. The normalized spacial score (nSPS) is 11.1. The quantitative estimate of drug-likeness (QED) is 0.844. The molecule has 0 bridgehead atoms. The van der Waals surface area contributed by atoms with Crippen molar-refractivity contribution in [1.82, 2.24) is 5.32 Å². The second-order valence-corrected chi connectivity index (χ2v) is 6.01. The number of halogens is 1. The van der Waals surface area contributed by atoms with Gasteiger partial charge < -0.3 is 10.4 Å². The summed E-state index contributed by atoms with van der Waals surface area (Å²) in [5.41, 5.74) is 0.104. The summed E-state index contributed by atoms with van der Waals surface area (Å²) < 4.78 is 0.935. The second-order valence-electron chi connectivity index (χ2n) is 5.10. The number of hydrogen-bond acceptors (Lipinski definition) is 2. The predicted molar refractivity (Wildman–Crippen MR) is 76.9 cm³/mol. The average Bonchev–Trinajstić information content (AvgIpc) is 2.28. The van der Waals surface area contributed by atoms with Crippen molar-refractivity contribution in [2.24, 2.45) is 5.41 Å². The highest BCUT2D eigenvalue weighted by Gasteiger charge is 2.26. The third kappa shape index (κ3) is 5.42. The van der Waals surface area contributed by atoms with E-state index in [-0.39, 0.29) is 5.91 Å². The molecule has 0 aromatic heterocycles. The molecule has 0 aliphatic rings. The molecule has 5 heteroatoms. The standard InChI is InChI=1S/C14H18BrNO3/c1-14(2,13(18)19)6-7-16-12(17)9-10-4-3-5-11(15)8-10/h3-5,8H,6-7,9H2,1-2H3,(H,16,17)(H,18,19). The number of amides is 1. The first-order valence-corrected chi connectivity index (χ1v) is 6.85. The molecule has 0 atom stereocenters. The Kier molecular flexibility index (Phi) is 5.54. The molecular formula is C14H18BrNO3. The molecule has 1 aromatic carbocycles. The maximum Gasteiger partial charge on any atom is 0.309 e. The van der Waals surface area contributed by atoms with Crippen molar-refractivity contribution in [2.45, 2.75) is 26.7 Å². The van der Waals surface area contributed by atoms with E-state index in [4.69, 9.17) is 5.11 Å². The highest BCUT2D eigenvalue weighted by Crippen LogP contribution is 2.19. The van der Waals surface area contributed by atoms with Crippen molar-refractivity contribution in [1.29, 1.82) is 0 Å². The lowest BCUT2D eigenvalue weighted by molar-refractivity contribution is -0.147. The van der Waals surface area contributed by atoms with Gasteiger partial charge in [-0.2, -0.15) is 0 Å². The van der Waals surface area contributed by atoms with Gasteiger partial charge in [-0.15, -0.1) is 0 Å². The number of carbonyl (C=O) groups is 2. The maximum absolute atomic E-state index is 11.7. The molecule has 1 aromatic rings. The van der Waals surface area contributed by atoms with Crippen molar-refractivity contribution < 1.29 is 14.7 Å². The van der Waals surface area contributed by atoms with Gasteiger partial charge in [0.2, 0.25) is 5.91 Å². The number of benzene rings is 1. The van der Waals surface area contributed by atoms with Gasteiger partial charge in [0.25, 0.3) is 0 Å². The maximum atomic E-state index is 11.7. The molecule has 0 saturated heterocycles. The highest BCUT2D eigenvalue weighted by atomic mass is 79.9. The summed E-state index contributed by atoms with van der Waals surface area (Å²) in [4.78, 5) is 22.6. The third-order valence-electron chi connectivity index (χ3n) is 2.90. The molecule has 4 nitrogen and oxygen atoms in total. The van der Waals surface area contributed by atoms with Gasteiger partial charge >= 0.3 is 5.97 Å². The van der Waals surface area contributed by atoms with Crippen LogP contribution < -0.4 is 5.32 Å². The van der Waals surface area contributed by atoms with E-state index < -0.39 is 11.4 Å². The van der Waals surface area contributed by atoms with E-state index in [0.29, 0.717) is 19.4 Å². The summed E-state index contributed by atoms with van der Waals surface area (Å²) in [5.74, 6) is -0.951. The summed E-state index contributed by atoms with van der Waals surface area (Å²) >= 11 is 3.35. The van der Waals surface area contributed by atoms with Crippen molar-refractivity contribution in [3.63, 3.8) is 0 Å². The zero-order chi connectivity index (χ0) is 14.5. The fourth-order valence-electron chi connectivity index (χ4n) is 1.52. The minimum Gasteiger partial charge on any atom is -0.481 e. The molecule has 0 aliphatic heterocycles. The van der Waals surface area contributed by atoms with E-state index in [1.54, 1.807) is 13.8 Å². The number of carbonyl (C=O) groups excluding carboxylic acids is 1.